The SMILES string of the molecule is CCOC(=O)C1CCc2ccc(OCCCCCBr)cc2O1. The predicted octanol–water partition coefficient (Wildman–Crippen LogP) is 3.89. The fourth-order valence-electron chi connectivity index (χ4n) is 2.40. The molecular formula is C17H23BrO4. The molecule has 0 bridgehead atoms. The van der Waals surface area contributed by atoms with Gasteiger partial charge in [-0.15, -0.1) is 0 Å². The minimum absolute atomic E-state index is 0.283. The van der Waals surface area contributed by atoms with Crippen molar-refractivity contribution in [1.82, 2.24) is 0 Å². The summed E-state index contributed by atoms with van der Waals surface area (Å²) in [6, 6.07) is 5.87. The Hall–Kier alpha value is -1.23. The number of rotatable bonds is 8. The Morgan fingerprint density at radius 1 is 1.36 bits per heavy atom. The predicted molar refractivity (Wildman–Crippen MR) is 89.0 cm³/mol. The van der Waals surface area contributed by atoms with E-state index >= 15 is 0 Å². The lowest BCUT2D eigenvalue weighted by Crippen LogP contribution is -2.32. The zero-order valence-corrected chi connectivity index (χ0v) is 14.6. The number of esters is 1. The lowest BCUT2D eigenvalue weighted by Gasteiger charge is -2.25. The van der Waals surface area contributed by atoms with Crippen LogP contribution in [-0.4, -0.2) is 30.6 Å². The number of unbranched alkanes of at least 4 members (excludes halogenated alkanes) is 2. The van der Waals surface area contributed by atoms with Crippen LogP contribution in [-0.2, 0) is 16.0 Å². The van der Waals surface area contributed by atoms with Gasteiger partial charge in [0, 0.05) is 11.4 Å². The van der Waals surface area contributed by atoms with Gasteiger partial charge in [-0.05, 0) is 50.7 Å². The Kier molecular flexibility index (Phi) is 7.03. The van der Waals surface area contributed by atoms with Crippen molar-refractivity contribution in [2.45, 2.75) is 45.1 Å². The van der Waals surface area contributed by atoms with E-state index in [1.54, 1.807) is 6.92 Å². The molecule has 5 heteroatoms. The van der Waals surface area contributed by atoms with Crippen molar-refractivity contribution in [2.75, 3.05) is 18.5 Å². The molecule has 0 saturated heterocycles. The summed E-state index contributed by atoms with van der Waals surface area (Å²) < 4.78 is 16.6. The van der Waals surface area contributed by atoms with E-state index in [0.717, 1.165) is 48.1 Å². The van der Waals surface area contributed by atoms with Gasteiger partial charge in [0.2, 0.25) is 0 Å². The minimum atomic E-state index is -0.498. The van der Waals surface area contributed by atoms with E-state index in [9.17, 15) is 4.79 Å². The van der Waals surface area contributed by atoms with Crippen LogP contribution in [0.1, 0.15) is 38.2 Å². The van der Waals surface area contributed by atoms with Gasteiger partial charge in [-0.2, -0.15) is 0 Å². The highest BCUT2D eigenvalue weighted by molar-refractivity contribution is 9.09. The summed E-state index contributed by atoms with van der Waals surface area (Å²) in [4.78, 5) is 11.8. The summed E-state index contributed by atoms with van der Waals surface area (Å²) in [5.74, 6) is 1.25. The molecule has 0 amide bonds. The van der Waals surface area contributed by atoms with E-state index in [-0.39, 0.29) is 5.97 Å². The molecule has 4 nitrogen and oxygen atoms in total. The Morgan fingerprint density at radius 2 is 2.23 bits per heavy atom. The van der Waals surface area contributed by atoms with Gasteiger partial charge in [0.25, 0.3) is 0 Å². The van der Waals surface area contributed by atoms with Crippen LogP contribution >= 0.6 is 15.9 Å². The molecule has 1 unspecified atom stereocenters. The third-order valence-electron chi connectivity index (χ3n) is 3.58. The monoisotopic (exact) mass is 370 g/mol. The number of ether oxygens (including phenoxy) is 3. The van der Waals surface area contributed by atoms with E-state index in [1.165, 1.54) is 0 Å². The average Bonchev–Trinajstić information content (AvgIpc) is 2.54. The molecule has 0 saturated carbocycles. The Morgan fingerprint density at radius 3 is 3.00 bits per heavy atom. The second-order valence-corrected chi connectivity index (χ2v) is 6.06. The number of hydrogen-bond donors (Lipinski definition) is 0. The number of alkyl halides is 1. The first-order chi connectivity index (χ1) is 10.7. The van der Waals surface area contributed by atoms with Crippen LogP contribution in [0.25, 0.3) is 0 Å². The zero-order valence-electron chi connectivity index (χ0n) is 13.0. The number of benzene rings is 1. The van der Waals surface area contributed by atoms with Crippen LogP contribution in [0.15, 0.2) is 18.2 Å². The fourth-order valence-corrected chi connectivity index (χ4v) is 2.80. The Balaban J connectivity index is 1.89. The number of fused-ring (bicyclic) bond motifs is 1. The van der Waals surface area contributed by atoms with Crippen LogP contribution in [0.4, 0.5) is 0 Å². The largest absolute Gasteiger partial charge is 0.493 e. The van der Waals surface area contributed by atoms with E-state index in [4.69, 9.17) is 14.2 Å². The molecule has 2 rings (SSSR count). The van der Waals surface area contributed by atoms with Gasteiger partial charge in [0.1, 0.15) is 11.5 Å². The standard InChI is InChI=1S/C17H23BrO4/c1-2-20-17(19)15-9-7-13-6-8-14(12-16(13)22-15)21-11-5-3-4-10-18/h6,8,12,15H,2-5,7,9-11H2,1H3. The van der Waals surface area contributed by atoms with E-state index < -0.39 is 6.10 Å². The third kappa shape index (κ3) is 4.90. The first kappa shape index (κ1) is 17.1. The van der Waals surface area contributed by atoms with Gasteiger partial charge in [-0.3, -0.25) is 0 Å². The first-order valence-electron chi connectivity index (χ1n) is 7.89. The number of halogens is 1. The van der Waals surface area contributed by atoms with Gasteiger partial charge in [0.15, 0.2) is 6.10 Å². The third-order valence-corrected chi connectivity index (χ3v) is 4.14. The van der Waals surface area contributed by atoms with Crippen LogP contribution < -0.4 is 9.47 Å². The molecular weight excluding hydrogens is 348 g/mol. The molecule has 0 spiro atoms. The van der Waals surface area contributed by atoms with Crippen molar-refractivity contribution in [2.24, 2.45) is 0 Å². The molecule has 0 aromatic heterocycles. The van der Waals surface area contributed by atoms with Crippen LogP contribution in [0.5, 0.6) is 11.5 Å². The highest BCUT2D eigenvalue weighted by atomic mass is 79.9. The average molecular weight is 371 g/mol. The molecule has 122 valence electrons. The topological polar surface area (TPSA) is 44.8 Å². The molecule has 1 aromatic rings. The van der Waals surface area contributed by atoms with E-state index in [1.807, 2.05) is 18.2 Å². The highest BCUT2D eigenvalue weighted by Gasteiger charge is 2.27. The number of carbonyl (C=O) groups is 1. The van der Waals surface area contributed by atoms with Crippen molar-refractivity contribution >= 4 is 21.9 Å². The van der Waals surface area contributed by atoms with Crippen molar-refractivity contribution in [3.8, 4) is 11.5 Å². The van der Waals surface area contributed by atoms with Gasteiger partial charge < -0.3 is 14.2 Å². The van der Waals surface area contributed by atoms with Crippen molar-refractivity contribution in [1.29, 1.82) is 0 Å². The number of hydrogen-bond acceptors (Lipinski definition) is 4. The maximum Gasteiger partial charge on any atom is 0.347 e. The van der Waals surface area contributed by atoms with Gasteiger partial charge >= 0.3 is 5.97 Å². The van der Waals surface area contributed by atoms with Gasteiger partial charge in [0.05, 0.1) is 13.2 Å². The lowest BCUT2D eigenvalue weighted by molar-refractivity contribution is -0.152. The zero-order chi connectivity index (χ0) is 15.8. The highest BCUT2D eigenvalue weighted by Crippen LogP contribution is 2.31. The summed E-state index contributed by atoms with van der Waals surface area (Å²) in [7, 11) is 0. The smallest absolute Gasteiger partial charge is 0.347 e. The van der Waals surface area contributed by atoms with E-state index in [0.29, 0.717) is 19.6 Å². The maximum atomic E-state index is 11.8. The van der Waals surface area contributed by atoms with E-state index in [2.05, 4.69) is 15.9 Å². The number of aryl methyl sites for hydroxylation is 1. The second-order valence-electron chi connectivity index (χ2n) is 5.26. The lowest BCUT2D eigenvalue weighted by atomic mass is 10.0. The second kappa shape index (κ2) is 9.03. The Labute approximate surface area is 140 Å². The first-order valence-corrected chi connectivity index (χ1v) is 9.01. The summed E-state index contributed by atoms with van der Waals surface area (Å²) in [6.45, 7) is 2.88. The summed E-state index contributed by atoms with van der Waals surface area (Å²) in [5, 5.41) is 1.04. The molecule has 1 aliphatic heterocycles. The maximum absolute atomic E-state index is 11.8. The molecule has 1 aromatic carbocycles. The van der Waals surface area contributed by atoms with Crippen molar-refractivity contribution in [3.05, 3.63) is 23.8 Å². The van der Waals surface area contributed by atoms with Crippen LogP contribution in [0.3, 0.4) is 0 Å². The minimum Gasteiger partial charge on any atom is -0.493 e. The quantitative estimate of drug-likeness (QED) is 0.395. The molecule has 22 heavy (non-hydrogen) atoms. The molecule has 0 N–H and O–H groups in total. The summed E-state index contributed by atoms with van der Waals surface area (Å²) in [5.41, 5.74) is 1.12. The Bertz CT molecular complexity index is 490. The van der Waals surface area contributed by atoms with Crippen molar-refractivity contribution in [3.63, 3.8) is 0 Å². The molecule has 1 heterocycles. The molecule has 0 fully saturated rings. The molecule has 1 atom stereocenters. The van der Waals surface area contributed by atoms with Gasteiger partial charge in [-0.25, -0.2) is 4.79 Å². The molecule has 1 aliphatic rings. The molecule has 0 aliphatic carbocycles. The van der Waals surface area contributed by atoms with Crippen LogP contribution in [0, 0.1) is 0 Å². The van der Waals surface area contributed by atoms with Crippen LogP contribution in [0.2, 0.25) is 0 Å². The summed E-state index contributed by atoms with van der Waals surface area (Å²) >= 11 is 3.42. The van der Waals surface area contributed by atoms with Gasteiger partial charge in [-0.1, -0.05) is 22.0 Å². The number of carbonyl (C=O) groups excluding carboxylic acids is 1. The normalized spacial score (nSPS) is 16.5. The summed E-state index contributed by atoms with van der Waals surface area (Å²) in [6.07, 6.45) is 4.34. The molecule has 0 radical (unpaired) electrons. The fraction of sp³-hybridized carbons (Fsp3) is 0.588. The van der Waals surface area contributed by atoms with Crippen molar-refractivity contribution < 1.29 is 19.0 Å².